The molecule has 0 heterocycles. The molecule has 0 spiro atoms. The van der Waals surface area contributed by atoms with Gasteiger partial charge in [-0.1, -0.05) is 41.4 Å². The van der Waals surface area contributed by atoms with Crippen molar-refractivity contribution in [1.82, 2.24) is 0 Å². The van der Waals surface area contributed by atoms with E-state index in [-0.39, 0.29) is 6.04 Å². The molecular formula is C18H22ClN. The lowest BCUT2D eigenvalue weighted by atomic mass is 9.92. The average molecular weight is 288 g/mol. The molecule has 0 aliphatic heterocycles. The summed E-state index contributed by atoms with van der Waals surface area (Å²) in [6.07, 6.45) is 1.80. The van der Waals surface area contributed by atoms with E-state index in [9.17, 15) is 0 Å². The van der Waals surface area contributed by atoms with Crippen molar-refractivity contribution in [2.45, 2.75) is 39.7 Å². The van der Waals surface area contributed by atoms with Gasteiger partial charge in [-0.25, -0.2) is 0 Å². The van der Waals surface area contributed by atoms with Gasteiger partial charge in [0.05, 0.1) is 0 Å². The van der Waals surface area contributed by atoms with Gasteiger partial charge in [0.2, 0.25) is 0 Å². The van der Waals surface area contributed by atoms with Crippen LogP contribution in [0.2, 0.25) is 5.02 Å². The number of halogens is 1. The zero-order chi connectivity index (χ0) is 14.7. The Morgan fingerprint density at radius 1 is 0.950 bits per heavy atom. The normalized spacial score (nSPS) is 12.4. The first-order valence-corrected chi connectivity index (χ1v) is 7.40. The molecule has 20 heavy (non-hydrogen) atoms. The zero-order valence-electron chi connectivity index (χ0n) is 12.4. The summed E-state index contributed by atoms with van der Waals surface area (Å²) < 4.78 is 0. The standard InChI is InChI=1S/C18H22ClN/c1-12-8-13(2)18(14(3)9-12)11-17(20)10-15-4-6-16(19)7-5-15/h4-9,17H,10-11,20H2,1-3H3. The summed E-state index contributed by atoms with van der Waals surface area (Å²) in [7, 11) is 0. The van der Waals surface area contributed by atoms with Crippen LogP contribution in [0, 0.1) is 20.8 Å². The van der Waals surface area contributed by atoms with Crippen LogP contribution in [0.4, 0.5) is 0 Å². The highest BCUT2D eigenvalue weighted by molar-refractivity contribution is 6.30. The van der Waals surface area contributed by atoms with E-state index < -0.39 is 0 Å². The van der Waals surface area contributed by atoms with Gasteiger partial charge in [-0.05, 0) is 68.0 Å². The first kappa shape index (κ1) is 15.1. The lowest BCUT2D eigenvalue weighted by Gasteiger charge is -2.16. The van der Waals surface area contributed by atoms with Crippen molar-refractivity contribution in [3.8, 4) is 0 Å². The quantitative estimate of drug-likeness (QED) is 0.887. The molecule has 0 amide bonds. The first-order chi connectivity index (χ1) is 9.45. The van der Waals surface area contributed by atoms with Crippen LogP contribution in [0.15, 0.2) is 36.4 Å². The Morgan fingerprint density at radius 3 is 2.05 bits per heavy atom. The predicted octanol–water partition coefficient (Wildman–Crippen LogP) is 4.38. The van der Waals surface area contributed by atoms with Crippen molar-refractivity contribution < 1.29 is 0 Å². The van der Waals surface area contributed by atoms with Crippen LogP contribution in [0.1, 0.15) is 27.8 Å². The van der Waals surface area contributed by atoms with E-state index in [1.807, 2.05) is 12.1 Å². The highest BCUT2D eigenvalue weighted by Gasteiger charge is 2.10. The van der Waals surface area contributed by atoms with Gasteiger partial charge in [0.1, 0.15) is 0 Å². The van der Waals surface area contributed by atoms with Crippen LogP contribution in [0.25, 0.3) is 0 Å². The molecule has 0 bridgehead atoms. The monoisotopic (exact) mass is 287 g/mol. The number of hydrogen-bond donors (Lipinski definition) is 1. The third-order valence-electron chi connectivity index (χ3n) is 3.72. The number of aryl methyl sites for hydroxylation is 3. The minimum absolute atomic E-state index is 0.135. The SMILES string of the molecule is Cc1cc(C)c(CC(N)Cc2ccc(Cl)cc2)c(C)c1. The van der Waals surface area contributed by atoms with Gasteiger partial charge in [0.15, 0.2) is 0 Å². The van der Waals surface area contributed by atoms with Gasteiger partial charge in [-0.2, -0.15) is 0 Å². The zero-order valence-corrected chi connectivity index (χ0v) is 13.2. The van der Waals surface area contributed by atoms with Crippen LogP contribution in [0.3, 0.4) is 0 Å². The number of nitrogens with two attached hydrogens (primary N) is 1. The summed E-state index contributed by atoms with van der Waals surface area (Å²) in [6.45, 7) is 6.48. The molecule has 0 aromatic heterocycles. The molecule has 1 atom stereocenters. The molecule has 1 unspecified atom stereocenters. The first-order valence-electron chi connectivity index (χ1n) is 7.02. The highest BCUT2D eigenvalue weighted by atomic mass is 35.5. The van der Waals surface area contributed by atoms with E-state index in [1.54, 1.807) is 0 Å². The van der Waals surface area contributed by atoms with Crippen LogP contribution in [-0.4, -0.2) is 6.04 Å². The van der Waals surface area contributed by atoms with E-state index in [1.165, 1.54) is 27.8 Å². The topological polar surface area (TPSA) is 26.0 Å². The maximum absolute atomic E-state index is 6.32. The second kappa shape index (κ2) is 6.43. The molecule has 2 N–H and O–H groups in total. The molecule has 0 aliphatic rings. The summed E-state index contributed by atoms with van der Waals surface area (Å²) in [6, 6.07) is 12.6. The van der Waals surface area contributed by atoms with Crippen LogP contribution < -0.4 is 5.73 Å². The van der Waals surface area contributed by atoms with E-state index >= 15 is 0 Å². The minimum Gasteiger partial charge on any atom is -0.327 e. The Labute approximate surface area is 126 Å². The van der Waals surface area contributed by atoms with Crippen LogP contribution in [-0.2, 0) is 12.8 Å². The van der Waals surface area contributed by atoms with E-state index in [4.69, 9.17) is 17.3 Å². The van der Waals surface area contributed by atoms with Crippen molar-refractivity contribution in [3.05, 3.63) is 69.2 Å². The van der Waals surface area contributed by atoms with Gasteiger partial charge in [-0.3, -0.25) is 0 Å². The molecule has 0 saturated carbocycles. The van der Waals surface area contributed by atoms with Crippen molar-refractivity contribution in [3.63, 3.8) is 0 Å². The lowest BCUT2D eigenvalue weighted by Crippen LogP contribution is -2.26. The van der Waals surface area contributed by atoms with Crippen molar-refractivity contribution in [1.29, 1.82) is 0 Å². The van der Waals surface area contributed by atoms with Crippen molar-refractivity contribution in [2.24, 2.45) is 5.73 Å². The highest BCUT2D eigenvalue weighted by Crippen LogP contribution is 2.19. The Balaban J connectivity index is 2.08. The average Bonchev–Trinajstić information content (AvgIpc) is 2.36. The number of hydrogen-bond acceptors (Lipinski definition) is 1. The third-order valence-corrected chi connectivity index (χ3v) is 3.97. The second-order valence-corrected chi connectivity index (χ2v) is 6.11. The summed E-state index contributed by atoms with van der Waals surface area (Å²) >= 11 is 5.90. The van der Waals surface area contributed by atoms with E-state index in [2.05, 4.69) is 45.0 Å². The van der Waals surface area contributed by atoms with Crippen molar-refractivity contribution in [2.75, 3.05) is 0 Å². The molecule has 0 saturated heterocycles. The van der Waals surface area contributed by atoms with Crippen LogP contribution >= 0.6 is 11.6 Å². The van der Waals surface area contributed by atoms with Gasteiger partial charge in [-0.15, -0.1) is 0 Å². The lowest BCUT2D eigenvalue weighted by molar-refractivity contribution is 0.660. The molecule has 2 heteroatoms. The largest absolute Gasteiger partial charge is 0.327 e. The van der Waals surface area contributed by atoms with Gasteiger partial charge >= 0.3 is 0 Å². The Morgan fingerprint density at radius 2 is 1.50 bits per heavy atom. The number of benzene rings is 2. The van der Waals surface area contributed by atoms with Gasteiger partial charge in [0.25, 0.3) is 0 Å². The summed E-state index contributed by atoms with van der Waals surface area (Å²) in [5.41, 5.74) is 12.9. The van der Waals surface area contributed by atoms with E-state index in [0.29, 0.717) is 0 Å². The molecule has 2 aromatic rings. The molecule has 106 valence electrons. The molecule has 0 aliphatic carbocycles. The summed E-state index contributed by atoms with van der Waals surface area (Å²) in [4.78, 5) is 0. The number of rotatable bonds is 4. The minimum atomic E-state index is 0.135. The van der Waals surface area contributed by atoms with E-state index in [0.717, 1.165) is 17.9 Å². The molecule has 1 nitrogen and oxygen atoms in total. The Hall–Kier alpha value is -1.31. The molecule has 0 fully saturated rings. The fraction of sp³-hybridized carbons (Fsp3) is 0.333. The maximum atomic E-state index is 6.32. The summed E-state index contributed by atoms with van der Waals surface area (Å²) in [5, 5.41) is 0.771. The maximum Gasteiger partial charge on any atom is 0.0406 e. The van der Waals surface area contributed by atoms with Crippen LogP contribution in [0.5, 0.6) is 0 Å². The fourth-order valence-electron chi connectivity index (χ4n) is 2.79. The Kier molecular flexibility index (Phi) is 4.85. The second-order valence-electron chi connectivity index (χ2n) is 5.67. The molecular weight excluding hydrogens is 266 g/mol. The Bertz CT molecular complexity index is 564. The van der Waals surface area contributed by atoms with Gasteiger partial charge in [0, 0.05) is 11.1 Å². The van der Waals surface area contributed by atoms with Crippen molar-refractivity contribution >= 4 is 11.6 Å². The smallest absolute Gasteiger partial charge is 0.0406 e. The van der Waals surface area contributed by atoms with Gasteiger partial charge < -0.3 is 5.73 Å². The third kappa shape index (κ3) is 3.84. The predicted molar refractivity (Wildman–Crippen MR) is 87.5 cm³/mol. The molecule has 2 rings (SSSR count). The fourth-order valence-corrected chi connectivity index (χ4v) is 2.92. The molecule has 0 radical (unpaired) electrons. The summed E-state index contributed by atoms with van der Waals surface area (Å²) in [5.74, 6) is 0. The molecule has 2 aromatic carbocycles.